The predicted molar refractivity (Wildman–Crippen MR) is 129 cm³/mol. The van der Waals surface area contributed by atoms with Gasteiger partial charge in [0.1, 0.15) is 6.10 Å². The molecule has 4 unspecified atom stereocenters. The minimum Gasteiger partial charge on any atom is -0.391 e. The summed E-state index contributed by atoms with van der Waals surface area (Å²) in [4.78, 5) is 12.4. The van der Waals surface area contributed by atoms with Crippen LogP contribution in [-0.2, 0) is 9.84 Å². The molecule has 2 saturated carbocycles. The van der Waals surface area contributed by atoms with Gasteiger partial charge in [-0.3, -0.25) is 4.79 Å². The van der Waals surface area contributed by atoms with Crippen molar-refractivity contribution < 1.29 is 41.7 Å². The fourth-order valence-corrected chi connectivity index (χ4v) is 8.31. The highest BCUT2D eigenvalue weighted by Gasteiger charge is 2.62. The Bertz CT molecular complexity index is 1320. The number of fused-ring (bicyclic) bond motifs is 2. The first-order valence-corrected chi connectivity index (χ1v) is 13.7. The SMILES string of the molecule is CC(O)C(O)[C@@]1(O)C2C[C@@H](S(=O)(=O)c3cc(C(=O)Nc4cc(F)c(F)c(F)c4)ccc3Cl)CC1[C@@H](C)C2. The van der Waals surface area contributed by atoms with Gasteiger partial charge in [-0.1, -0.05) is 18.5 Å². The van der Waals surface area contributed by atoms with Gasteiger partial charge in [-0.2, -0.15) is 0 Å². The molecule has 4 N–H and O–H groups in total. The minimum absolute atomic E-state index is 0.0150. The van der Waals surface area contributed by atoms with Crippen molar-refractivity contribution in [3.8, 4) is 0 Å². The van der Waals surface area contributed by atoms with Gasteiger partial charge >= 0.3 is 0 Å². The van der Waals surface area contributed by atoms with Gasteiger partial charge in [0.15, 0.2) is 27.3 Å². The van der Waals surface area contributed by atoms with E-state index in [-0.39, 0.29) is 39.9 Å². The predicted octanol–water partition coefficient (Wildman–Crippen LogP) is 3.69. The van der Waals surface area contributed by atoms with Crippen LogP contribution in [0.15, 0.2) is 35.2 Å². The second kappa shape index (κ2) is 9.85. The monoisotopic (exact) mass is 561 g/mol. The smallest absolute Gasteiger partial charge is 0.255 e. The Labute approximate surface area is 217 Å². The first-order valence-electron chi connectivity index (χ1n) is 11.8. The number of benzene rings is 2. The number of carbonyl (C=O) groups is 1. The van der Waals surface area contributed by atoms with Crippen LogP contribution in [0, 0.1) is 35.2 Å². The largest absolute Gasteiger partial charge is 0.391 e. The van der Waals surface area contributed by atoms with Gasteiger partial charge in [0.2, 0.25) is 0 Å². The molecule has 0 aromatic heterocycles. The molecule has 0 heterocycles. The fraction of sp³-hybridized carbons (Fsp3) is 0.480. The molecule has 7 atom stereocenters. The maximum atomic E-state index is 13.7. The van der Waals surface area contributed by atoms with Crippen molar-refractivity contribution in [1.29, 1.82) is 0 Å². The lowest BCUT2D eigenvalue weighted by Crippen LogP contribution is -2.59. The van der Waals surface area contributed by atoms with Crippen LogP contribution < -0.4 is 5.32 Å². The molecule has 2 fully saturated rings. The van der Waals surface area contributed by atoms with E-state index in [0.29, 0.717) is 18.6 Å². The van der Waals surface area contributed by atoms with Gasteiger partial charge < -0.3 is 20.6 Å². The van der Waals surface area contributed by atoms with Gasteiger partial charge in [-0.15, -0.1) is 0 Å². The Kier molecular flexibility index (Phi) is 7.41. The molecule has 2 aromatic carbocycles. The van der Waals surface area contributed by atoms with Gasteiger partial charge in [0.05, 0.1) is 26.9 Å². The highest BCUT2D eigenvalue weighted by atomic mass is 35.5. The van der Waals surface area contributed by atoms with E-state index >= 15 is 0 Å². The summed E-state index contributed by atoms with van der Waals surface area (Å²) in [5, 5.41) is 32.9. The average Bonchev–Trinajstić information content (AvgIpc) is 2.95. The van der Waals surface area contributed by atoms with E-state index in [9.17, 15) is 41.7 Å². The molecule has 202 valence electrons. The molecule has 1 amide bonds. The van der Waals surface area contributed by atoms with Crippen molar-refractivity contribution in [2.24, 2.45) is 17.8 Å². The summed E-state index contributed by atoms with van der Waals surface area (Å²) in [5.41, 5.74) is -2.17. The Balaban J connectivity index is 1.62. The van der Waals surface area contributed by atoms with Crippen molar-refractivity contribution in [2.75, 3.05) is 5.32 Å². The number of nitrogens with one attached hydrogen (secondary N) is 1. The summed E-state index contributed by atoms with van der Waals surface area (Å²) in [6.45, 7) is 3.22. The van der Waals surface area contributed by atoms with Crippen LogP contribution in [0.5, 0.6) is 0 Å². The van der Waals surface area contributed by atoms with E-state index in [1.807, 2.05) is 6.92 Å². The van der Waals surface area contributed by atoms with Crippen molar-refractivity contribution in [3.63, 3.8) is 0 Å². The summed E-state index contributed by atoms with van der Waals surface area (Å²) >= 11 is 6.21. The molecule has 2 bridgehead atoms. The highest BCUT2D eigenvalue weighted by molar-refractivity contribution is 7.92. The van der Waals surface area contributed by atoms with Gasteiger partial charge in [0.25, 0.3) is 5.91 Å². The molecular weight excluding hydrogens is 535 g/mol. The number of halogens is 4. The zero-order valence-corrected chi connectivity index (χ0v) is 21.5. The molecule has 12 heteroatoms. The van der Waals surface area contributed by atoms with E-state index < -0.39 is 68.1 Å². The first-order chi connectivity index (χ1) is 17.2. The van der Waals surface area contributed by atoms with Crippen molar-refractivity contribution in [1.82, 2.24) is 0 Å². The Hall–Kier alpha value is -2.18. The zero-order valence-electron chi connectivity index (χ0n) is 20.0. The quantitative estimate of drug-likeness (QED) is 0.399. The van der Waals surface area contributed by atoms with Crippen molar-refractivity contribution in [2.45, 2.75) is 61.1 Å². The Morgan fingerprint density at radius 2 is 1.73 bits per heavy atom. The average molecular weight is 562 g/mol. The molecule has 7 nitrogen and oxygen atoms in total. The zero-order chi connectivity index (χ0) is 27.4. The lowest BCUT2D eigenvalue weighted by molar-refractivity contribution is -0.175. The summed E-state index contributed by atoms with van der Waals surface area (Å²) in [7, 11) is -4.12. The summed E-state index contributed by atoms with van der Waals surface area (Å²) in [6, 6.07) is 4.68. The number of aliphatic hydroxyl groups excluding tert-OH is 2. The van der Waals surface area contributed by atoms with Crippen LogP contribution in [0.1, 0.15) is 43.5 Å². The van der Waals surface area contributed by atoms with E-state index in [0.717, 1.165) is 6.07 Å². The number of hydrogen-bond acceptors (Lipinski definition) is 6. The number of hydrogen-bond donors (Lipinski definition) is 4. The normalized spacial score (nSPS) is 29.1. The third-order valence-corrected chi connectivity index (χ3v) is 10.4. The summed E-state index contributed by atoms with van der Waals surface area (Å²) in [6.07, 6.45) is -2.14. The topological polar surface area (TPSA) is 124 Å². The third kappa shape index (κ3) is 4.76. The van der Waals surface area contributed by atoms with Crippen LogP contribution in [-0.4, -0.2) is 52.7 Å². The standard InChI is InChI=1S/C25H27ClF3NO6S/c1-11-5-14-7-16(10-17(11)25(14,34)23(32)12(2)31)37(35,36)21-6-13(3-4-18(21)26)24(33)30-15-8-19(27)22(29)20(28)9-15/h3-4,6,8-9,11-12,14,16-17,23,31-32,34H,5,7,10H2,1-2H3,(H,30,33)/t11-,12?,14?,16+,17?,23?,25+/m0/s1. The van der Waals surface area contributed by atoms with Crippen LogP contribution in [0.25, 0.3) is 0 Å². The summed E-state index contributed by atoms with van der Waals surface area (Å²) < 4.78 is 67.5. The number of aliphatic hydroxyl groups is 3. The lowest BCUT2D eigenvalue weighted by Gasteiger charge is -2.46. The molecular formula is C25H27ClF3NO6S. The second-order valence-electron chi connectivity index (χ2n) is 10.1. The molecule has 0 radical (unpaired) electrons. The number of amides is 1. The van der Waals surface area contributed by atoms with Crippen LogP contribution >= 0.6 is 11.6 Å². The highest BCUT2D eigenvalue weighted by Crippen LogP contribution is 2.56. The third-order valence-electron chi connectivity index (χ3n) is 7.77. The molecule has 0 spiro atoms. The summed E-state index contributed by atoms with van der Waals surface area (Å²) in [5.74, 6) is -6.88. The van der Waals surface area contributed by atoms with Gasteiger partial charge in [-0.25, -0.2) is 21.6 Å². The van der Waals surface area contributed by atoms with E-state index in [4.69, 9.17) is 11.6 Å². The minimum atomic E-state index is -4.12. The lowest BCUT2D eigenvalue weighted by atomic mass is 9.69. The first kappa shape index (κ1) is 27.8. The molecule has 2 aromatic rings. The van der Waals surface area contributed by atoms with Crippen molar-refractivity contribution >= 4 is 33.0 Å². The molecule has 37 heavy (non-hydrogen) atoms. The maximum Gasteiger partial charge on any atom is 0.255 e. The van der Waals surface area contributed by atoms with Gasteiger partial charge in [0, 0.05) is 23.4 Å². The Morgan fingerprint density at radius 1 is 1.11 bits per heavy atom. The van der Waals surface area contributed by atoms with E-state index in [2.05, 4.69) is 5.32 Å². The molecule has 4 rings (SSSR count). The van der Waals surface area contributed by atoms with Crippen LogP contribution in [0.2, 0.25) is 5.02 Å². The number of carbonyl (C=O) groups excluding carboxylic acids is 1. The number of sulfone groups is 1. The molecule has 2 aliphatic carbocycles. The molecule has 0 aliphatic heterocycles. The van der Waals surface area contributed by atoms with E-state index in [1.165, 1.54) is 19.1 Å². The number of rotatable bonds is 6. The molecule has 0 saturated heterocycles. The second-order valence-corrected chi connectivity index (χ2v) is 12.7. The Morgan fingerprint density at radius 3 is 2.30 bits per heavy atom. The fourth-order valence-electron chi connectivity index (χ4n) is 5.94. The van der Waals surface area contributed by atoms with E-state index in [1.54, 1.807) is 0 Å². The van der Waals surface area contributed by atoms with Crippen LogP contribution in [0.4, 0.5) is 18.9 Å². The van der Waals surface area contributed by atoms with Crippen LogP contribution in [0.3, 0.4) is 0 Å². The molecule has 2 aliphatic rings. The van der Waals surface area contributed by atoms with Crippen molar-refractivity contribution in [3.05, 3.63) is 58.4 Å². The number of anilines is 1. The van der Waals surface area contributed by atoms with Gasteiger partial charge in [-0.05, 0) is 62.1 Å². The maximum absolute atomic E-state index is 13.7.